The van der Waals surface area contributed by atoms with Crippen molar-refractivity contribution in [2.75, 3.05) is 16.4 Å². The lowest BCUT2D eigenvalue weighted by atomic mass is 10.2. The van der Waals surface area contributed by atoms with E-state index in [1.807, 2.05) is 38.1 Å². The second kappa shape index (κ2) is 10.6. The van der Waals surface area contributed by atoms with Crippen molar-refractivity contribution in [3.63, 3.8) is 0 Å². The van der Waals surface area contributed by atoms with Crippen molar-refractivity contribution in [3.05, 3.63) is 65.5 Å². The maximum absolute atomic E-state index is 12.4. The molecule has 0 saturated carbocycles. The number of anilines is 2. The van der Waals surface area contributed by atoms with Gasteiger partial charge in [0.05, 0.1) is 17.7 Å². The molecule has 9 nitrogen and oxygen atoms in total. The summed E-state index contributed by atoms with van der Waals surface area (Å²) in [5.41, 5.74) is 2.37. The summed E-state index contributed by atoms with van der Waals surface area (Å²) in [6.07, 6.45) is 0.0673. The highest BCUT2D eigenvalue weighted by Crippen LogP contribution is 2.19. The van der Waals surface area contributed by atoms with Gasteiger partial charge in [-0.05, 0) is 49.7 Å². The van der Waals surface area contributed by atoms with Gasteiger partial charge in [0, 0.05) is 17.9 Å². The van der Waals surface area contributed by atoms with E-state index in [4.69, 9.17) is 5.11 Å². The molecule has 0 radical (unpaired) electrons. The molecule has 0 bridgehead atoms. The highest BCUT2D eigenvalue weighted by Gasteiger charge is 2.16. The number of amides is 2. The number of para-hydroxylation sites is 1. The third kappa shape index (κ3) is 5.94. The van der Waals surface area contributed by atoms with Gasteiger partial charge in [0.15, 0.2) is 5.16 Å². The van der Waals surface area contributed by atoms with Crippen LogP contribution in [0, 0.1) is 6.92 Å². The van der Waals surface area contributed by atoms with E-state index in [9.17, 15) is 14.4 Å². The molecular formula is C22H23N5O4S. The predicted octanol–water partition coefficient (Wildman–Crippen LogP) is 3.22. The van der Waals surface area contributed by atoms with Crippen LogP contribution in [0.4, 0.5) is 11.4 Å². The zero-order chi connectivity index (χ0) is 23.1. The lowest BCUT2D eigenvalue weighted by molar-refractivity contribution is -0.116. The average molecular weight is 454 g/mol. The summed E-state index contributed by atoms with van der Waals surface area (Å²) in [7, 11) is 0. The number of carbonyl (C=O) groups is 3. The monoisotopic (exact) mass is 453 g/mol. The number of nitrogens with one attached hydrogen (secondary N) is 2. The largest absolute Gasteiger partial charge is 0.478 e. The minimum atomic E-state index is -1.03. The molecule has 32 heavy (non-hydrogen) atoms. The van der Waals surface area contributed by atoms with Gasteiger partial charge in [0.2, 0.25) is 11.8 Å². The van der Waals surface area contributed by atoms with Crippen molar-refractivity contribution < 1.29 is 19.5 Å². The normalized spacial score (nSPS) is 10.6. The fourth-order valence-electron chi connectivity index (χ4n) is 2.95. The van der Waals surface area contributed by atoms with E-state index >= 15 is 0 Å². The summed E-state index contributed by atoms with van der Waals surface area (Å²) in [6, 6.07) is 13.4. The first kappa shape index (κ1) is 23.0. The molecular weight excluding hydrogens is 430 g/mol. The maximum Gasteiger partial charge on any atom is 0.335 e. The maximum atomic E-state index is 12.4. The number of carboxylic acid groups (broad SMARTS) is 1. The smallest absolute Gasteiger partial charge is 0.335 e. The number of rotatable bonds is 9. The highest BCUT2D eigenvalue weighted by molar-refractivity contribution is 7.99. The van der Waals surface area contributed by atoms with Gasteiger partial charge >= 0.3 is 5.97 Å². The molecule has 0 spiro atoms. The van der Waals surface area contributed by atoms with E-state index in [1.54, 1.807) is 4.57 Å². The number of benzene rings is 2. The van der Waals surface area contributed by atoms with Gasteiger partial charge < -0.3 is 20.3 Å². The Hall–Kier alpha value is -3.66. The molecule has 3 N–H and O–H groups in total. The van der Waals surface area contributed by atoms with Crippen molar-refractivity contribution in [2.45, 2.75) is 32.0 Å². The number of nitrogens with zero attached hydrogens (tertiary/aromatic N) is 3. The van der Waals surface area contributed by atoms with E-state index in [1.165, 1.54) is 36.0 Å². The van der Waals surface area contributed by atoms with Crippen molar-refractivity contribution in [1.29, 1.82) is 0 Å². The van der Waals surface area contributed by atoms with Gasteiger partial charge in [-0.25, -0.2) is 4.79 Å². The van der Waals surface area contributed by atoms with Crippen LogP contribution in [0.5, 0.6) is 0 Å². The van der Waals surface area contributed by atoms with Crippen molar-refractivity contribution in [2.24, 2.45) is 0 Å². The predicted molar refractivity (Wildman–Crippen MR) is 122 cm³/mol. The number of carbonyl (C=O) groups excluding carboxylic acids is 2. The fraction of sp³-hybridized carbons (Fsp3) is 0.227. The summed E-state index contributed by atoms with van der Waals surface area (Å²) in [6.45, 7) is 4.39. The summed E-state index contributed by atoms with van der Waals surface area (Å²) in [4.78, 5) is 35.6. The topological polar surface area (TPSA) is 126 Å². The Balaban J connectivity index is 1.57. The summed E-state index contributed by atoms with van der Waals surface area (Å²) < 4.78 is 1.80. The zero-order valence-corrected chi connectivity index (χ0v) is 18.5. The molecule has 2 amide bonds. The summed E-state index contributed by atoms with van der Waals surface area (Å²) in [5.74, 6) is -0.872. The molecule has 0 saturated heterocycles. The van der Waals surface area contributed by atoms with Crippen LogP contribution in [0.1, 0.15) is 28.7 Å². The van der Waals surface area contributed by atoms with Gasteiger partial charge in [-0.2, -0.15) is 0 Å². The molecule has 0 atom stereocenters. The third-order valence-electron chi connectivity index (χ3n) is 4.60. The molecule has 2 aromatic carbocycles. The Morgan fingerprint density at radius 3 is 2.38 bits per heavy atom. The number of aromatic nitrogens is 3. The molecule has 0 fully saturated rings. The Morgan fingerprint density at radius 1 is 1.00 bits per heavy atom. The zero-order valence-electron chi connectivity index (χ0n) is 17.7. The van der Waals surface area contributed by atoms with E-state index in [0.717, 1.165) is 11.3 Å². The van der Waals surface area contributed by atoms with E-state index in [2.05, 4.69) is 20.8 Å². The minimum Gasteiger partial charge on any atom is -0.478 e. The van der Waals surface area contributed by atoms with Crippen LogP contribution in [0.3, 0.4) is 0 Å². The first-order valence-corrected chi connectivity index (χ1v) is 10.9. The van der Waals surface area contributed by atoms with E-state index in [-0.39, 0.29) is 29.6 Å². The van der Waals surface area contributed by atoms with Crippen LogP contribution in [0.25, 0.3) is 0 Å². The molecule has 3 rings (SSSR count). The molecule has 0 unspecified atom stereocenters. The number of hydrogen-bond donors (Lipinski definition) is 3. The second-order valence-corrected chi connectivity index (χ2v) is 7.84. The quantitative estimate of drug-likeness (QED) is 0.425. The van der Waals surface area contributed by atoms with Crippen LogP contribution < -0.4 is 10.6 Å². The Bertz CT molecular complexity index is 1130. The molecule has 0 aliphatic heterocycles. The van der Waals surface area contributed by atoms with Crippen molar-refractivity contribution >= 4 is 40.9 Å². The number of carboxylic acids is 1. The van der Waals surface area contributed by atoms with Gasteiger partial charge in [0.1, 0.15) is 5.82 Å². The molecule has 166 valence electrons. The first-order valence-electron chi connectivity index (χ1n) is 9.91. The Labute approximate surface area is 189 Å². The van der Waals surface area contributed by atoms with Gasteiger partial charge in [-0.1, -0.05) is 30.0 Å². The standard InChI is InChI=1S/C22H23N5O4S/c1-3-27-18(12-19(28)24-17-7-5-4-6-14(17)2)25-26-22(27)32-13-20(29)23-16-10-8-15(9-11-16)21(30)31/h4-11H,3,12-13H2,1-2H3,(H,23,29)(H,24,28)(H,30,31). The van der Waals surface area contributed by atoms with Crippen LogP contribution in [0.2, 0.25) is 0 Å². The van der Waals surface area contributed by atoms with Crippen LogP contribution >= 0.6 is 11.8 Å². The summed E-state index contributed by atoms with van der Waals surface area (Å²) >= 11 is 1.21. The third-order valence-corrected chi connectivity index (χ3v) is 5.56. The number of hydrogen-bond acceptors (Lipinski definition) is 6. The lowest BCUT2D eigenvalue weighted by Gasteiger charge is -2.09. The molecule has 1 aromatic heterocycles. The number of aromatic carboxylic acids is 1. The van der Waals surface area contributed by atoms with E-state index in [0.29, 0.717) is 23.2 Å². The fourth-order valence-corrected chi connectivity index (χ4v) is 3.77. The summed E-state index contributed by atoms with van der Waals surface area (Å²) in [5, 5.41) is 23.3. The van der Waals surface area contributed by atoms with E-state index < -0.39 is 5.97 Å². The Kier molecular flexibility index (Phi) is 7.61. The highest BCUT2D eigenvalue weighted by atomic mass is 32.2. The number of thioether (sulfide) groups is 1. The van der Waals surface area contributed by atoms with Gasteiger partial charge in [0.25, 0.3) is 0 Å². The number of aryl methyl sites for hydroxylation is 1. The lowest BCUT2D eigenvalue weighted by Crippen LogP contribution is -2.18. The molecule has 0 aliphatic rings. The van der Waals surface area contributed by atoms with Crippen molar-refractivity contribution in [3.8, 4) is 0 Å². The van der Waals surface area contributed by atoms with Crippen LogP contribution in [0.15, 0.2) is 53.7 Å². The molecule has 3 aromatic rings. The van der Waals surface area contributed by atoms with Gasteiger partial charge in [-0.3, -0.25) is 9.59 Å². The minimum absolute atomic E-state index is 0.0673. The Morgan fingerprint density at radius 2 is 1.72 bits per heavy atom. The average Bonchev–Trinajstić information content (AvgIpc) is 3.15. The van der Waals surface area contributed by atoms with Crippen LogP contribution in [-0.4, -0.2) is 43.4 Å². The van der Waals surface area contributed by atoms with Gasteiger partial charge in [-0.15, -0.1) is 10.2 Å². The van der Waals surface area contributed by atoms with Crippen LogP contribution in [-0.2, 0) is 22.6 Å². The molecule has 10 heteroatoms. The molecule has 0 aliphatic carbocycles. The van der Waals surface area contributed by atoms with Crippen molar-refractivity contribution in [1.82, 2.24) is 14.8 Å². The second-order valence-electron chi connectivity index (χ2n) is 6.90. The first-order chi connectivity index (χ1) is 15.4. The molecule has 1 heterocycles. The SMILES string of the molecule is CCn1c(CC(=O)Nc2ccccc2C)nnc1SCC(=O)Nc1ccc(C(=O)O)cc1.